The van der Waals surface area contributed by atoms with Gasteiger partial charge in [-0.1, -0.05) is 0 Å². The lowest BCUT2D eigenvalue weighted by atomic mass is 9.95. The van der Waals surface area contributed by atoms with Crippen molar-refractivity contribution in [3.05, 3.63) is 40.6 Å². The highest BCUT2D eigenvalue weighted by atomic mass is 16.5. The van der Waals surface area contributed by atoms with Crippen molar-refractivity contribution in [2.75, 3.05) is 20.3 Å². The number of amides is 1. The average molecular weight is 317 g/mol. The molecule has 1 amide bonds. The van der Waals surface area contributed by atoms with E-state index in [9.17, 15) is 4.79 Å². The molecule has 0 aromatic carbocycles. The van der Waals surface area contributed by atoms with E-state index < -0.39 is 0 Å². The van der Waals surface area contributed by atoms with Gasteiger partial charge in [-0.3, -0.25) is 9.48 Å². The average Bonchev–Trinajstić information content (AvgIpc) is 3.09. The monoisotopic (exact) mass is 317 g/mol. The highest BCUT2D eigenvalue weighted by molar-refractivity contribution is 5.95. The molecule has 1 aliphatic heterocycles. The van der Waals surface area contributed by atoms with E-state index >= 15 is 0 Å². The van der Waals surface area contributed by atoms with Crippen molar-refractivity contribution in [2.45, 2.75) is 39.8 Å². The second-order valence-electron chi connectivity index (χ2n) is 6.03. The lowest BCUT2D eigenvalue weighted by molar-refractivity contribution is 0.0672. The molecule has 0 fully saturated rings. The molecule has 6 heteroatoms. The van der Waals surface area contributed by atoms with Crippen LogP contribution in [0.5, 0.6) is 0 Å². The number of rotatable bonds is 4. The molecule has 0 saturated heterocycles. The number of ether oxygens (including phenoxy) is 1. The lowest BCUT2D eigenvalue weighted by Crippen LogP contribution is -2.40. The first-order chi connectivity index (χ1) is 11.0. The molecule has 3 heterocycles. The number of aromatic nitrogens is 2. The number of methoxy groups -OCH3 is 1. The summed E-state index contributed by atoms with van der Waals surface area (Å²) in [4.78, 5) is 14.8. The predicted molar refractivity (Wildman–Crippen MR) is 85.4 cm³/mol. The summed E-state index contributed by atoms with van der Waals surface area (Å²) in [5, 5.41) is 4.44. The Hall–Kier alpha value is -2.08. The number of furan rings is 1. The largest absolute Gasteiger partial charge is 0.466 e. The number of carbonyl (C=O) groups excluding carboxylic acids is 1. The third-order valence-electron chi connectivity index (χ3n) is 4.43. The molecule has 0 N–H and O–H groups in total. The van der Waals surface area contributed by atoms with Crippen LogP contribution in [0.3, 0.4) is 0 Å². The predicted octanol–water partition coefficient (Wildman–Crippen LogP) is 2.50. The van der Waals surface area contributed by atoms with Gasteiger partial charge in [0.2, 0.25) is 0 Å². The number of hydrogen-bond acceptors (Lipinski definition) is 4. The maximum absolute atomic E-state index is 12.9. The van der Waals surface area contributed by atoms with E-state index in [2.05, 4.69) is 12.0 Å². The summed E-state index contributed by atoms with van der Waals surface area (Å²) in [5.41, 5.74) is 2.94. The topological polar surface area (TPSA) is 60.5 Å². The van der Waals surface area contributed by atoms with E-state index in [-0.39, 0.29) is 11.8 Å². The SMILES string of the molecule is CCn1ncc2c1CN(C(=O)c1cc(C)oc1C)CC2COC. The van der Waals surface area contributed by atoms with Crippen LogP contribution in [0.15, 0.2) is 16.7 Å². The van der Waals surface area contributed by atoms with Crippen LogP contribution in [0.2, 0.25) is 0 Å². The Morgan fingerprint density at radius 2 is 2.26 bits per heavy atom. The zero-order chi connectivity index (χ0) is 16.6. The van der Waals surface area contributed by atoms with Crippen molar-refractivity contribution in [1.82, 2.24) is 14.7 Å². The Labute approximate surface area is 136 Å². The number of nitrogens with zero attached hydrogens (tertiary/aromatic N) is 3. The van der Waals surface area contributed by atoms with Gasteiger partial charge in [0.15, 0.2) is 0 Å². The van der Waals surface area contributed by atoms with Crippen LogP contribution < -0.4 is 0 Å². The van der Waals surface area contributed by atoms with E-state index in [0.717, 1.165) is 18.0 Å². The van der Waals surface area contributed by atoms with E-state index in [4.69, 9.17) is 9.15 Å². The van der Waals surface area contributed by atoms with Crippen LogP contribution in [-0.2, 0) is 17.8 Å². The molecule has 6 nitrogen and oxygen atoms in total. The quantitative estimate of drug-likeness (QED) is 0.869. The summed E-state index contributed by atoms with van der Waals surface area (Å²) in [6, 6.07) is 1.82. The van der Waals surface area contributed by atoms with Gasteiger partial charge in [-0.15, -0.1) is 0 Å². The van der Waals surface area contributed by atoms with Crippen LogP contribution in [-0.4, -0.2) is 40.8 Å². The Morgan fingerprint density at radius 3 is 2.87 bits per heavy atom. The molecule has 0 saturated carbocycles. The summed E-state index contributed by atoms with van der Waals surface area (Å²) >= 11 is 0. The number of aryl methyl sites for hydroxylation is 3. The molecule has 0 aliphatic carbocycles. The van der Waals surface area contributed by atoms with Gasteiger partial charge in [-0.2, -0.15) is 5.10 Å². The van der Waals surface area contributed by atoms with E-state index in [1.807, 2.05) is 35.7 Å². The molecule has 1 atom stereocenters. The summed E-state index contributed by atoms with van der Waals surface area (Å²) < 4.78 is 12.8. The second kappa shape index (κ2) is 6.20. The van der Waals surface area contributed by atoms with Crippen molar-refractivity contribution in [3.8, 4) is 0 Å². The van der Waals surface area contributed by atoms with E-state index in [0.29, 0.717) is 31.0 Å². The van der Waals surface area contributed by atoms with Gasteiger partial charge in [0, 0.05) is 31.7 Å². The fourth-order valence-electron chi connectivity index (χ4n) is 3.33. The lowest BCUT2D eigenvalue weighted by Gasteiger charge is -2.33. The van der Waals surface area contributed by atoms with Crippen molar-refractivity contribution in [3.63, 3.8) is 0 Å². The Kier molecular flexibility index (Phi) is 4.26. The maximum atomic E-state index is 12.9. The molecule has 0 bridgehead atoms. The zero-order valence-corrected chi connectivity index (χ0v) is 14.1. The molecule has 124 valence electrons. The van der Waals surface area contributed by atoms with Gasteiger partial charge in [-0.25, -0.2) is 0 Å². The molecule has 23 heavy (non-hydrogen) atoms. The van der Waals surface area contributed by atoms with Crippen LogP contribution in [0.25, 0.3) is 0 Å². The van der Waals surface area contributed by atoms with Crippen LogP contribution in [0.1, 0.15) is 46.0 Å². The first kappa shape index (κ1) is 15.8. The van der Waals surface area contributed by atoms with Gasteiger partial charge in [0.1, 0.15) is 11.5 Å². The number of carbonyl (C=O) groups is 1. The Balaban J connectivity index is 1.92. The van der Waals surface area contributed by atoms with Gasteiger partial charge in [0.25, 0.3) is 5.91 Å². The summed E-state index contributed by atoms with van der Waals surface area (Å²) in [5.74, 6) is 1.59. The summed E-state index contributed by atoms with van der Waals surface area (Å²) in [6.07, 6.45) is 1.91. The molecule has 2 aromatic rings. The van der Waals surface area contributed by atoms with Crippen molar-refractivity contribution >= 4 is 5.91 Å². The summed E-state index contributed by atoms with van der Waals surface area (Å²) in [6.45, 7) is 8.33. The van der Waals surface area contributed by atoms with E-state index in [1.54, 1.807) is 7.11 Å². The molecule has 1 aliphatic rings. The van der Waals surface area contributed by atoms with Gasteiger partial charge >= 0.3 is 0 Å². The second-order valence-corrected chi connectivity index (χ2v) is 6.03. The maximum Gasteiger partial charge on any atom is 0.257 e. The van der Waals surface area contributed by atoms with Gasteiger partial charge < -0.3 is 14.1 Å². The van der Waals surface area contributed by atoms with Crippen LogP contribution >= 0.6 is 0 Å². The normalized spacial score (nSPS) is 17.4. The Morgan fingerprint density at radius 1 is 1.48 bits per heavy atom. The highest BCUT2D eigenvalue weighted by Crippen LogP contribution is 2.30. The third-order valence-corrected chi connectivity index (χ3v) is 4.43. The van der Waals surface area contributed by atoms with Crippen LogP contribution in [0, 0.1) is 13.8 Å². The minimum absolute atomic E-state index is 0.00922. The molecule has 0 radical (unpaired) electrons. The smallest absolute Gasteiger partial charge is 0.257 e. The third kappa shape index (κ3) is 2.79. The van der Waals surface area contributed by atoms with Gasteiger partial charge in [0.05, 0.1) is 30.6 Å². The number of hydrogen-bond donors (Lipinski definition) is 0. The molecular formula is C17H23N3O3. The first-order valence-electron chi connectivity index (χ1n) is 7.95. The Bertz CT molecular complexity index is 717. The van der Waals surface area contributed by atoms with Crippen molar-refractivity contribution in [1.29, 1.82) is 0 Å². The molecule has 1 unspecified atom stereocenters. The first-order valence-corrected chi connectivity index (χ1v) is 7.95. The van der Waals surface area contributed by atoms with Crippen molar-refractivity contribution in [2.24, 2.45) is 0 Å². The molecule has 3 rings (SSSR count). The molecule has 2 aromatic heterocycles. The standard InChI is InChI=1S/C17H23N3O3/c1-5-20-16-9-19(8-13(10-22-4)15(16)7-18-20)17(21)14-6-11(2)23-12(14)3/h6-7,13H,5,8-10H2,1-4H3. The van der Waals surface area contributed by atoms with Crippen LogP contribution in [0.4, 0.5) is 0 Å². The fraction of sp³-hybridized carbons (Fsp3) is 0.529. The fourth-order valence-corrected chi connectivity index (χ4v) is 3.33. The number of fused-ring (bicyclic) bond motifs is 1. The minimum Gasteiger partial charge on any atom is -0.466 e. The summed E-state index contributed by atoms with van der Waals surface area (Å²) in [7, 11) is 1.69. The highest BCUT2D eigenvalue weighted by Gasteiger charge is 2.32. The zero-order valence-electron chi connectivity index (χ0n) is 14.1. The minimum atomic E-state index is 0.00922. The van der Waals surface area contributed by atoms with Gasteiger partial charge in [-0.05, 0) is 26.8 Å². The molecular weight excluding hydrogens is 294 g/mol. The van der Waals surface area contributed by atoms with Crippen molar-refractivity contribution < 1.29 is 13.9 Å². The van der Waals surface area contributed by atoms with E-state index in [1.165, 1.54) is 5.56 Å². The molecule has 0 spiro atoms.